The second-order valence-electron chi connectivity index (χ2n) is 5.92. The van der Waals surface area contributed by atoms with Gasteiger partial charge in [-0.25, -0.2) is 4.79 Å². The fourth-order valence-corrected chi connectivity index (χ4v) is 2.72. The number of rotatable bonds is 8. The van der Waals surface area contributed by atoms with Crippen molar-refractivity contribution in [1.29, 1.82) is 0 Å². The largest absolute Gasteiger partial charge is 0.496 e. The van der Waals surface area contributed by atoms with Crippen LogP contribution in [0, 0.1) is 5.92 Å². The molecule has 1 heterocycles. The maximum Gasteiger partial charge on any atom is 0.326 e. The third-order valence-electron chi connectivity index (χ3n) is 4.37. The van der Waals surface area contributed by atoms with Crippen LogP contribution < -0.4 is 10.1 Å². The number of hydrogen-bond acceptors (Lipinski definition) is 3. The van der Waals surface area contributed by atoms with E-state index >= 15 is 0 Å². The van der Waals surface area contributed by atoms with E-state index in [1.54, 1.807) is 7.11 Å². The van der Waals surface area contributed by atoms with Crippen LogP contribution >= 0.6 is 0 Å². The van der Waals surface area contributed by atoms with Crippen molar-refractivity contribution in [3.8, 4) is 5.75 Å². The smallest absolute Gasteiger partial charge is 0.326 e. The zero-order chi connectivity index (χ0) is 17.7. The number of carbonyl (C=O) groups is 2. The first kappa shape index (κ1) is 17.8. The van der Waals surface area contributed by atoms with Gasteiger partial charge in [0.05, 0.1) is 12.6 Å². The fourth-order valence-electron chi connectivity index (χ4n) is 2.72. The molecule has 1 aromatic heterocycles. The van der Waals surface area contributed by atoms with Crippen LogP contribution in [0.3, 0.4) is 0 Å². The number of nitrogens with zero attached hydrogens (tertiary/aromatic N) is 1. The predicted octanol–water partition coefficient (Wildman–Crippen LogP) is 2.66. The molecule has 0 saturated heterocycles. The molecule has 0 aliphatic carbocycles. The van der Waals surface area contributed by atoms with Crippen LogP contribution in [0.1, 0.15) is 26.7 Å². The van der Waals surface area contributed by atoms with Crippen molar-refractivity contribution in [2.24, 2.45) is 5.92 Å². The molecule has 2 rings (SSSR count). The Morgan fingerprint density at radius 3 is 2.71 bits per heavy atom. The summed E-state index contributed by atoms with van der Waals surface area (Å²) in [6.07, 6.45) is 2.82. The van der Waals surface area contributed by atoms with E-state index in [1.807, 2.05) is 48.9 Å². The van der Waals surface area contributed by atoms with Crippen LogP contribution in [0.25, 0.3) is 10.9 Å². The van der Waals surface area contributed by atoms with E-state index in [0.717, 1.165) is 16.7 Å². The number of methoxy groups -OCH3 is 1. The Balaban J connectivity index is 2.03. The molecular weight excluding hydrogens is 308 g/mol. The minimum atomic E-state index is -0.992. The summed E-state index contributed by atoms with van der Waals surface area (Å²) < 4.78 is 7.29. The van der Waals surface area contributed by atoms with Crippen molar-refractivity contribution in [2.75, 3.05) is 7.11 Å². The second-order valence-corrected chi connectivity index (χ2v) is 5.92. The molecule has 2 aromatic rings. The van der Waals surface area contributed by atoms with E-state index in [-0.39, 0.29) is 18.2 Å². The van der Waals surface area contributed by atoms with E-state index in [9.17, 15) is 14.7 Å². The van der Waals surface area contributed by atoms with Gasteiger partial charge >= 0.3 is 5.97 Å². The van der Waals surface area contributed by atoms with Gasteiger partial charge in [0.25, 0.3) is 0 Å². The topological polar surface area (TPSA) is 80.6 Å². The van der Waals surface area contributed by atoms with E-state index in [2.05, 4.69) is 5.32 Å². The molecular formula is C18H24N2O4. The Morgan fingerprint density at radius 2 is 2.08 bits per heavy atom. The maximum atomic E-state index is 12.1. The van der Waals surface area contributed by atoms with Crippen molar-refractivity contribution < 1.29 is 19.4 Å². The van der Waals surface area contributed by atoms with Crippen LogP contribution in [0.15, 0.2) is 30.5 Å². The molecule has 6 heteroatoms. The lowest BCUT2D eigenvalue weighted by atomic mass is 9.99. The minimum Gasteiger partial charge on any atom is -0.496 e. The molecule has 0 bridgehead atoms. The van der Waals surface area contributed by atoms with Gasteiger partial charge in [-0.2, -0.15) is 0 Å². The van der Waals surface area contributed by atoms with Gasteiger partial charge in [-0.15, -0.1) is 0 Å². The van der Waals surface area contributed by atoms with Gasteiger partial charge in [-0.05, 0) is 24.1 Å². The molecule has 2 N–H and O–H groups in total. The van der Waals surface area contributed by atoms with Crippen LogP contribution in [0.5, 0.6) is 5.75 Å². The molecule has 2 atom stereocenters. The Labute approximate surface area is 141 Å². The number of carboxylic acids is 1. The molecule has 1 aromatic carbocycles. The third-order valence-corrected chi connectivity index (χ3v) is 4.37. The van der Waals surface area contributed by atoms with Crippen molar-refractivity contribution in [3.63, 3.8) is 0 Å². The molecule has 0 aliphatic rings. The summed E-state index contributed by atoms with van der Waals surface area (Å²) in [5.41, 5.74) is 0.985. The van der Waals surface area contributed by atoms with Crippen LogP contribution in [-0.4, -0.2) is 34.7 Å². The average Bonchev–Trinajstić information content (AvgIpc) is 3.00. The number of nitrogens with one attached hydrogen (secondary N) is 1. The average molecular weight is 332 g/mol. The summed E-state index contributed by atoms with van der Waals surface area (Å²) in [5.74, 6) is -0.567. The standard InChI is InChI=1S/C18H24N2O4/c1-4-12(2)17(18(22)23)19-16(21)9-11-20-10-8-13-14(20)6-5-7-15(13)24-3/h5-8,10,12,17H,4,9,11H2,1-3H3,(H,19,21)(H,22,23). The summed E-state index contributed by atoms with van der Waals surface area (Å²) >= 11 is 0. The summed E-state index contributed by atoms with van der Waals surface area (Å²) in [6.45, 7) is 4.21. The maximum absolute atomic E-state index is 12.1. The quantitative estimate of drug-likeness (QED) is 0.779. The highest BCUT2D eigenvalue weighted by Crippen LogP contribution is 2.26. The van der Waals surface area contributed by atoms with Gasteiger partial charge < -0.3 is 19.7 Å². The number of benzene rings is 1. The zero-order valence-corrected chi connectivity index (χ0v) is 14.3. The SMILES string of the molecule is CCC(C)C(NC(=O)CCn1ccc2c(OC)cccc21)C(=O)O. The van der Waals surface area contributed by atoms with Gasteiger partial charge in [-0.1, -0.05) is 26.3 Å². The lowest BCUT2D eigenvalue weighted by molar-refractivity contribution is -0.143. The van der Waals surface area contributed by atoms with E-state index in [1.165, 1.54) is 0 Å². The van der Waals surface area contributed by atoms with Gasteiger partial charge in [0.2, 0.25) is 5.91 Å². The normalized spacial score (nSPS) is 13.5. The minimum absolute atomic E-state index is 0.108. The van der Waals surface area contributed by atoms with Crippen molar-refractivity contribution in [2.45, 2.75) is 39.3 Å². The van der Waals surface area contributed by atoms with Gasteiger partial charge in [0, 0.05) is 24.5 Å². The molecule has 0 radical (unpaired) electrons. The summed E-state index contributed by atoms with van der Waals surface area (Å²) in [7, 11) is 1.63. The number of aliphatic carboxylic acids is 1. The molecule has 1 amide bonds. The van der Waals surface area contributed by atoms with Crippen LogP contribution in [-0.2, 0) is 16.1 Å². The number of hydrogen-bond donors (Lipinski definition) is 2. The monoisotopic (exact) mass is 332 g/mol. The molecule has 0 fully saturated rings. The molecule has 24 heavy (non-hydrogen) atoms. The number of aryl methyl sites for hydroxylation is 1. The first-order chi connectivity index (χ1) is 11.5. The van der Waals surface area contributed by atoms with E-state index in [0.29, 0.717) is 13.0 Å². The summed E-state index contributed by atoms with van der Waals surface area (Å²) in [4.78, 5) is 23.4. The number of carbonyl (C=O) groups excluding carboxylic acids is 1. The van der Waals surface area contributed by atoms with E-state index in [4.69, 9.17) is 4.74 Å². The molecule has 130 valence electrons. The Bertz CT molecular complexity index is 723. The molecule has 0 saturated carbocycles. The number of ether oxygens (including phenoxy) is 1. The van der Waals surface area contributed by atoms with Gasteiger partial charge in [0.15, 0.2) is 0 Å². The number of fused-ring (bicyclic) bond motifs is 1. The van der Waals surface area contributed by atoms with Crippen LogP contribution in [0.4, 0.5) is 0 Å². The highest BCUT2D eigenvalue weighted by Gasteiger charge is 2.25. The lowest BCUT2D eigenvalue weighted by Gasteiger charge is -2.20. The number of carboxylic acid groups (broad SMARTS) is 1. The molecule has 2 unspecified atom stereocenters. The second kappa shape index (κ2) is 7.86. The third kappa shape index (κ3) is 3.88. The predicted molar refractivity (Wildman–Crippen MR) is 92.1 cm³/mol. The fraction of sp³-hybridized carbons (Fsp3) is 0.444. The molecule has 0 spiro atoms. The highest BCUT2D eigenvalue weighted by molar-refractivity contribution is 5.87. The van der Waals surface area contributed by atoms with Crippen LogP contribution in [0.2, 0.25) is 0 Å². The molecule has 0 aliphatic heterocycles. The highest BCUT2D eigenvalue weighted by atomic mass is 16.5. The Morgan fingerprint density at radius 1 is 1.33 bits per heavy atom. The van der Waals surface area contributed by atoms with Crippen molar-refractivity contribution in [1.82, 2.24) is 9.88 Å². The van der Waals surface area contributed by atoms with Gasteiger partial charge in [-0.3, -0.25) is 4.79 Å². The Hall–Kier alpha value is -2.50. The first-order valence-corrected chi connectivity index (χ1v) is 8.12. The summed E-state index contributed by atoms with van der Waals surface area (Å²) in [5, 5.41) is 12.9. The lowest BCUT2D eigenvalue weighted by Crippen LogP contribution is -2.45. The van der Waals surface area contributed by atoms with Crippen molar-refractivity contribution in [3.05, 3.63) is 30.5 Å². The molecule has 6 nitrogen and oxygen atoms in total. The first-order valence-electron chi connectivity index (χ1n) is 8.12. The number of amides is 1. The Kier molecular flexibility index (Phi) is 5.84. The zero-order valence-electron chi connectivity index (χ0n) is 14.3. The summed E-state index contributed by atoms with van der Waals surface area (Å²) in [6, 6.07) is 6.87. The van der Waals surface area contributed by atoms with Crippen molar-refractivity contribution >= 4 is 22.8 Å². The van der Waals surface area contributed by atoms with Gasteiger partial charge in [0.1, 0.15) is 11.8 Å². The van der Waals surface area contributed by atoms with E-state index < -0.39 is 12.0 Å². The number of aromatic nitrogens is 1.